The summed E-state index contributed by atoms with van der Waals surface area (Å²) in [5, 5.41) is 17.1. The summed E-state index contributed by atoms with van der Waals surface area (Å²) >= 11 is 0. The molecule has 21 heavy (non-hydrogen) atoms. The lowest BCUT2D eigenvalue weighted by Crippen LogP contribution is -2.50. The number of rotatable bonds is 5. The third-order valence-electron chi connectivity index (χ3n) is 4.15. The number of carbonyl (C=O) groups is 2. The van der Waals surface area contributed by atoms with Gasteiger partial charge in [0, 0.05) is 19.6 Å². The van der Waals surface area contributed by atoms with E-state index in [0.717, 1.165) is 0 Å². The van der Waals surface area contributed by atoms with Crippen LogP contribution in [0.25, 0.3) is 0 Å². The minimum Gasteiger partial charge on any atom is -0.481 e. The van der Waals surface area contributed by atoms with E-state index in [1.807, 2.05) is 6.92 Å². The van der Waals surface area contributed by atoms with Crippen molar-refractivity contribution < 1.29 is 14.7 Å². The molecule has 1 atom stereocenters. The van der Waals surface area contributed by atoms with Crippen LogP contribution in [0.3, 0.4) is 0 Å². The van der Waals surface area contributed by atoms with Gasteiger partial charge < -0.3 is 15.7 Å². The Hall–Kier alpha value is -1.96. The third kappa shape index (κ3) is 3.21. The fourth-order valence-electron chi connectivity index (χ4n) is 2.71. The van der Waals surface area contributed by atoms with E-state index >= 15 is 0 Å². The van der Waals surface area contributed by atoms with Gasteiger partial charge in [0.05, 0.1) is 17.3 Å². The number of piperidine rings is 1. The van der Waals surface area contributed by atoms with Crippen LogP contribution < -0.4 is 5.73 Å². The summed E-state index contributed by atoms with van der Waals surface area (Å²) in [5.74, 6) is -0.962. The zero-order chi connectivity index (χ0) is 15.5. The molecule has 1 aliphatic heterocycles. The number of likely N-dealkylation sites (tertiary alicyclic amines) is 1. The largest absolute Gasteiger partial charge is 0.481 e. The quantitative estimate of drug-likeness (QED) is 0.780. The van der Waals surface area contributed by atoms with Gasteiger partial charge in [0.25, 0.3) is 0 Å². The third-order valence-corrected chi connectivity index (χ3v) is 4.15. The fraction of sp³-hybridized carbons (Fsp3) is 0.692. The van der Waals surface area contributed by atoms with Gasteiger partial charge in [-0.05, 0) is 19.3 Å². The van der Waals surface area contributed by atoms with E-state index in [0.29, 0.717) is 31.5 Å². The van der Waals surface area contributed by atoms with Crippen molar-refractivity contribution in [2.45, 2.75) is 39.3 Å². The molecule has 8 nitrogen and oxygen atoms in total. The van der Waals surface area contributed by atoms with Crippen LogP contribution in [0.4, 0.5) is 0 Å². The van der Waals surface area contributed by atoms with Gasteiger partial charge in [-0.3, -0.25) is 9.59 Å². The highest BCUT2D eigenvalue weighted by molar-refractivity contribution is 5.79. The average molecular weight is 295 g/mol. The molecule has 1 aliphatic rings. The van der Waals surface area contributed by atoms with Crippen molar-refractivity contribution in [3.8, 4) is 0 Å². The number of aliphatic carboxylic acids is 1. The highest BCUT2D eigenvalue weighted by Gasteiger charge is 2.42. The summed E-state index contributed by atoms with van der Waals surface area (Å²) in [4.78, 5) is 25.4. The van der Waals surface area contributed by atoms with Gasteiger partial charge in [-0.1, -0.05) is 12.1 Å². The molecule has 0 aliphatic carbocycles. The Bertz CT molecular complexity index is 530. The number of amides is 1. The molecule has 2 rings (SSSR count). The number of carboxylic acid groups (broad SMARTS) is 1. The monoisotopic (exact) mass is 295 g/mol. The van der Waals surface area contributed by atoms with Crippen LogP contribution in [-0.2, 0) is 22.7 Å². The first-order valence-corrected chi connectivity index (χ1v) is 7.11. The molecule has 1 saturated heterocycles. The highest BCUT2D eigenvalue weighted by Crippen LogP contribution is 2.33. The Labute approximate surface area is 122 Å². The van der Waals surface area contributed by atoms with Gasteiger partial charge in [-0.2, -0.15) is 0 Å². The first-order valence-electron chi connectivity index (χ1n) is 7.11. The van der Waals surface area contributed by atoms with Crippen LogP contribution in [0.1, 0.15) is 31.9 Å². The van der Waals surface area contributed by atoms with Crippen LogP contribution in [0, 0.1) is 5.41 Å². The van der Waals surface area contributed by atoms with Crippen molar-refractivity contribution in [1.29, 1.82) is 0 Å². The second-order valence-corrected chi connectivity index (χ2v) is 5.47. The maximum Gasteiger partial charge on any atom is 0.311 e. The molecule has 1 fully saturated rings. The van der Waals surface area contributed by atoms with E-state index in [-0.39, 0.29) is 25.5 Å². The normalized spacial score (nSPS) is 22.3. The van der Waals surface area contributed by atoms with Gasteiger partial charge >= 0.3 is 5.97 Å². The molecule has 1 aromatic heterocycles. The molecule has 116 valence electrons. The first kappa shape index (κ1) is 15.4. The number of hydrogen-bond acceptors (Lipinski definition) is 5. The van der Waals surface area contributed by atoms with Gasteiger partial charge in [-0.15, -0.1) is 5.10 Å². The smallest absolute Gasteiger partial charge is 0.311 e. The molecule has 1 aromatic rings. The summed E-state index contributed by atoms with van der Waals surface area (Å²) in [6, 6.07) is 0. The highest BCUT2D eigenvalue weighted by atomic mass is 16.4. The summed E-state index contributed by atoms with van der Waals surface area (Å²) in [6.07, 6.45) is 3.47. The molecule has 2 heterocycles. The van der Waals surface area contributed by atoms with Gasteiger partial charge in [-0.25, -0.2) is 4.68 Å². The van der Waals surface area contributed by atoms with E-state index in [1.165, 1.54) is 4.68 Å². The Morgan fingerprint density at radius 1 is 1.52 bits per heavy atom. The minimum atomic E-state index is -0.825. The minimum absolute atomic E-state index is 0.0619. The second-order valence-electron chi connectivity index (χ2n) is 5.47. The number of carbonyl (C=O) groups excluding carboxylic acids is 1. The lowest BCUT2D eigenvalue weighted by atomic mass is 9.77. The molecule has 0 spiro atoms. The summed E-state index contributed by atoms with van der Waals surface area (Å²) in [7, 11) is 0. The van der Waals surface area contributed by atoms with Crippen LogP contribution in [0.15, 0.2) is 6.20 Å². The molecule has 1 unspecified atom stereocenters. The Kier molecular flexibility index (Phi) is 4.56. The van der Waals surface area contributed by atoms with E-state index in [2.05, 4.69) is 10.3 Å². The molecule has 0 saturated carbocycles. The molecule has 3 N–H and O–H groups in total. The van der Waals surface area contributed by atoms with E-state index in [4.69, 9.17) is 5.73 Å². The van der Waals surface area contributed by atoms with Crippen LogP contribution in [0.2, 0.25) is 0 Å². The second kappa shape index (κ2) is 6.21. The molecule has 8 heteroatoms. The Balaban J connectivity index is 2.03. The number of carboxylic acids is 1. The van der Waals surface area contributed by atoms with Crippen LogP contribution >= 0.6 is 0 Å². The lowest BCUT2D eigenvalue weighted by Gasteiger charge is -2.39. The first-order chi connectivity index (χ1) is 10.0. The van der Waals surface area contributed by atoms with E-state index < -0.39 is 11.4 Å². The van der Waals surface area contributed by atoms with Crippen molar-refractivity contribution in [2.24, 2.45) is 11.1 Å². The number of aromatic nitrogens is 3. The van der Waals surface area contributed by atoms with Crippen molar-refractivity contribution in [2.75, 3.05) is 13.1 Å². The molecular formula is C13H21N5O3. The topological polar surface area (TPSA) is 114 Å². The fourth-order valence-corrected chi connectivity index (χ4v) is 2.71. The average Bonchev–Trinajstić information content (AvgIpc) is 2.94. The summed E-state index contributed by atoms with van der Waals surface area (Å²) < 4.78 is 1.44. The molecule has 0 bridgehead atoms. The van der Waals surface area contributed by atoms with Crippen LogP contribution in [0.5, 0.6) is 0 Å². The SMILES string of the molecule is CCC1(C(=O)O)CCCN(C(=O)Cn2cc(CN)nn2)C1. The zero-order valence-electron chi connectivity index (χ0n) is 12.2. The van der Waals surface area contributed by atoms with Crippen molar-refractivity contribution >= 4 is 11.9 Å². The van der Waals surface area contributed by atoms with Gasteiger partial charge in [0.1, 0.15) is 6.54 Å². The van der Waals surface area contributed by atoms with E-state index in [9.17, 15) is 14.7 Å². The standard InChI is InChI=1S/C13H21N5O3/c1-2-13(12(20)21)4-3-5-17(9-13)11(19)8-18-7-10(6-14)15-16-18/h7H,2-6,8-9,14H2,1H3,(H,20,21). The number of hydrogen-bond donors (Lipinski definition) is 2. The maximum atomic E-state index is 12.3. The van der Waals surface area contributed by atoms with Crippen molar-refractivity contribution in [1.82, 2.24) is 19.9 Å². The van der Waals surface area contributed by atoms with Crippen LogP contribution in [-0.4, -0.2) is 50.0 Å². The molecule has 0 radical (unpaired) electrons. The molecule has 1 amide bonds. The predicted molar refractivity (Wildman–Crippen MR) is 74.1 cm³/mol. The van der Waals surface area contributed by atoms with E-state index in [1.54, 1.807) is 11.1 Å². The Morgan fingerprint density at radius 2 is 2.29 bits per heavy atom. The van der Waals surface area contributed by atoms with Gasteiger partial charge in [0.15, 0.2) is 0 Å². The molecule has 0 aromatic carbocycles. The molecular weight excluding hydrogens is 274 g/mol. The number of nitrogens with two attached hydrogens (primary N) is 1. The maximum absolute atomic E-state index is 12.3. The lowest BCUT2D eigenvalue weighted by molar-refractivity contribution is -0.155. The predicted octanol–water partition coefficient (Wildman–Crippen LogP) is -0.160. The number of nitrogens with zero attached hydrogens (tertiary/aromatic N) is 4. The van der Waals surface area contributed by atoms with Crippen molar-refractivity contribution in [3.05, 3.63) is 11.9 Å². The summed E-state index contributed by atoms with van der Waals surface area (Å²) in [5.41, 5.74) is 5.25. The van der Waals surface area contributed by atoms with Crippen molar-refractivity contribution in [3.63, 3.8) is 0 Å². The van der Waals surface area contributed by atoms with Gasteiger partial charge in [0.2, 0.25) is 5.91 Å². The Morgan fingerprint density at radius 3 is 2.86 bits per heavy atom. The summed E-state index contributed by atoms with van der Waals surface area (Å²) in [6.45, 7) is 3.04. The zero-order valence-corrected chi connectivity index (χ0v) is 12.2.